The number of aliphatic hydroxyl groups is 1. The number of carbonyl (C=O) groups excluding carboxylic acids is 1. The first kappa shape index (κ1) is 22.0. The molecule has 0 amide bonds. The number of hydrogen-bond acceptors (Lipinski definition) is 6. The van der Waals surface area contributed by atoms with Crippen molar-refractivity contribution >= 4 is 29.2 Å². The Morgan fingerprint density at radius 2 is 1.97 bits per heavy atom. The molecule has 0 spiro atoms. The zero-order valence-corrected chi connectivity index (χ0v) is 17.5. The van der Waals surface area contributed by atoms with Crippen molar-refractivity contribution < 1.29 is 24.5 Å². The minimum absolute atomic E-state index is 0.00545. The van der Waals surface area contributed by atoms with Gasteiger partial charge in [0.05, 0.1) is 5.92 Å². The Balaban J connectivity index is 1.73. The zero-order chi connectivity index (χ0) is 21.9. The van der Waals surface area contributed by atoms with Crippen LogP contribution in [0.1, 0.15) is 18.6 Å². The highest BCUT2D eigenvalue weighted by molar-refractivity contribution is 6.55. The lowest BCUT2D eigenvalue weighted by Crippen LogP contribution is -2.17. The standard InChI is InChI=1S/C22H19Cl2NO5/c1-22(12-26)17(10-19(23)24)20(22)21(28)30-18(11-25)13-3-2-4-16(9-13)29-15-7-5-14(27)6-8-15/h2-10,17-18,20,26-27H,12H2,1H3/t17?,18?,20-,22+/m1/s1. The number of benzene rings is 2. The highest BCUT2D eigenvalue weighted by atomic mass is 35.5. The van der Waals surface area contributed by atoms with Crippen LogP contribution in [0.25, 0.3) is 0 Å². The van der Waals surface area contributed by atoms with E-state index >= 15 is 0 Å². The van der Waals surface area contributed by atoms with Gasteiger partial charge in [-0.3, -0.25) is 4.79 Å². The number of allylic oxidation sites excluding steroid dienone is 1. The monoisotopic (exact) mass is 447 g/mol. The maximum atomic E-state index is 12.7. The minimum Gasteiger partial charge on any atom is -0.508 e. The first-order valence-corrected chi connectivity index (χ1v) is 9.84. The molecule has 156 valence electrons. The smallest absolute Gasteiger partial charge is 0.311 e. The molecule has 4 atom stereocenters. The van der Waals surface area contributed by atoms with Gasteiger partial charge in [0.2, 0.25) is 6.10 Å². The molecule has 1 aliphatic carbocycles. The van der Waals surface area contributed by atoms with Crippen molar-refractivity contribution in [2.24, 2.45) is 17.3 Å². The molecule has 1 fully saturated rings. The molecule has 0 aliphatic heterocycles. The number of rotatable bonds is 7. The van der Waals surface area contributed by atoms with Crippen LogP contribution in [0.3, 0.4) is 0 Å². The summed E-state index contributed by atoms with van der Waals surface area (Å²) in [6.45, 7) is 1.48. The van der Waals surface area contributed by atoms with Gasteiger partial charge in [-0.05, 0) is 42.5 Å². The third-order valence-corrected chi connectivity index (χ3v) is 5.46. The summed E-state index contributed by atoms with van der Waals surface area (Å²) in [7, 11) is 0. The van der Waals surface area contributed by atoms with Gasteiger partial charge in [0.1, 0.15) is 27.8 Å². The Morgan fingerprint density at radius 1 is 1.27 bits per heavy atom. The summed E-state index contributed by atoms with van der Waals surface area (Å²) in [4.78, 5) is 12.7. The summed E-state index contributed by atoms with van der Waals surface area (Å²) in [6, 6.07) is 14.8. The zero-order valence-electron chi connectivity index (χ0n) is 16.0. The molecule has 2 unspecified atom stereocenters. The van der Waals surface area contributed by atoms with Gasteiger partial charge in [0.25, 0.3) is 0 Å². The second-order valence-electron chi connectivity index (χ2n) is 7.24. The number of hydrogen-bond donors (Lipinski definition) is 2. The summed E-state index contributed by atoms with van der Waals surface area (Å²) in [5, 5.41) is 28.5. The number of esters is 1. The molecule has 0 radical (unpaired) electrons. The van der Waals surface area contributed by atoms with Crippen molar-refractivity contribution in [1.82, 2.24) is 0 Å². The molecule has 0 bridgehead atoms. The largest absolute Gasteiger partial charge is 0.508 e. The van der Waals surface area contributed by atoms with Gasteiger partial charge in [-0.25, -0.2) is 0 Å². The number of ether oxygens (including phenoxy) is 2. The van der Waals surface area contributed by atoms with Crippen LogP contribution in [0.15, 0.2) is 59.1 Å². The van der Waals surface area contributed by atoms with E-state index in [1.54, 1.807) is 43.3 Å². The Hall–Kier alpha value is -2.72. The second-order valence-corrected chi connectivity index (χ2v) is 8.25. The number of aromatic hydroxyl groups is 1. The molecule has 1 saturated carbocycles. The van der Waals surface area contributed by atoms with Gasteiger partial charge in [-0.2, -0.15) is 5.26 Å². The SMILES string of the molecule is C[C@]1(CO)C(C=C(Cl)Cl)[C@@H]1C(=O)OC(C#N)c1cccc(Oc2ccc(O)cc2)c1. The van der Waals surface area contributed by atoms with Crippen molar-refractivity contribution in [1.29, 1.82) is 5.26 Å². The van der Waals surface area contributed by atoms with Crippen LogP contribution in [0, 0.1) is 28.6 Å². The van der Waals surface area contributed by atoms with Crippen molar-refractivity contribution in [3.05, 3.63) is 64.7 Å². The molecule has 2 aromatic carbocycles. The number of nitrogens with zero attached hydrogens (tertiary/aromatic N) is 1. The molecule has 0 saturated heterocycles. The molecule has 1 aliphatic rings. The average molecular weight is 448 g/mol. The van der Waals surface area contributed by atoms with Gasteiger partial charge in [-0.1, -0.05) is 42.3 Å². The van der Waals surface area contributed by atoms with Crippen molar-refractivity contribution in [3.63, 3.8) is 0 Å². The van der Waals surface area contributed by atoms with Gasteiger partial charge in [0, 0.05) is 23.5 Å². The molecule has 2 N–H and O–H groups in total. The van der Waals surface area contributed by atoms with E-state index in [4.69, 9.17) is 32.7 Å². The highest BCUT2D eigenvalue weighted by Gasteiger charge is 2.64. The van der Waals surface area contributed by atoms with E-state index in [1.165, 1.54) is 18.2 Å². The van der Waals surface area contributed by atoms with E-state index in [0.717, 1.165) is 0 Å². The van der Waals surface area contributed by atoms with Crippen LogP contribution in [0.2, 0.25) is 0 Å². The first-order chi connectivity index (χ1) is 14.3. The van der Waals surface area contributed by atoms with E-state index in [0.29, 0.717) is 17.1 Å². The van der Waals surface area contributed by atoms with Crippen LogP contribution < -0.4 is 4.74 Å². The number of carbonyl (C=O) groups is 1. The first-order valence-electron chi connectivity index (χ1n) is 9.09. The van der Waals surface area contributed by atoms with Crippen LogP contribution >= 0.6 is 23.2 Å². The van der Waals surface area contributed by atoms with Gasteiger partial charge in [0.15, 0.2) is 0 Å². The van der Waals surface area contributed by atoms with Crippen LogP contribution in [0.5, 0.6) is 17.2 Å². The molecule has 6 nitrogen and oxygen atoms in total. The fraction of sp³-hybridized carbons (Fsp3) is 0.273. The van der Waals surface area contributed by atoms with Crippen LogP contribution in [0.4, 0.5) is 0 Å². The molecule has 0 heterocycles. The summed E-state index contributed by atoms with van der Waals surface area (Å²) in [5.74, 6) is -0.578. The lowest BCUT2D eigenvalue weighted by molar-refractivity contribution is -0.149. The van der Waals surface area contributed by atoms with Crippen LogP contribution in [-0.4, -0.2) is 22.8 Å². The number of phenols is 1. The predicted octanol–water partition coefficient (Wildman–Crippen LogP) is 4.86. The molecule has 8 heteroatoms. The van der Waals surface area contributed by atoms with E-state index in [-0.39, 0.29) is 22.8 Å². The van der Waals surface area contributed by atoms with Gasteiger partial charge in [-0.15, -0.1) is 0 Å². The van der Waals surface area contributed by atoms with Gasteiger partial charge >= 0.3 is 5.97 Å². The van der Waals surface area contributed by atoms with E-state index in [9.17, 15) is 20.3 Å². The normalized spacial score (nSPS) is 23.0. The summed E-state index contributed by atoms with van der Waals surface area (Å²) >= 11 is 11.4. The lowest BCUT2D eigenvalue weighted by Gasteiger charge is -2.14. The molecular weight excluding hydrogens is 429 g/mol. The van der Waals surface area contributed by atoms with Crippen LogP contribution in [-0.2, 0) is 9.53 Å². The topological polar surface area (TPSA) is 99.8 Å². The Morgan fingerprint density at radius 3 is 2.57 bits per heavy atom. The Labute approximate surface area is 183 Å². The molecular formula is C22H19Cl2NO5. The van der Waals surface area contributed by atoms with Gasteiger partial charge < -0.3 is 19.7 Å². The maximum Gasteiger partial charge on any atom is 0.311 e. The maximum absolute atomic E-state index is 12.7. The van der Waals surface area contributed by atoms with Crippen molar-refractivity contribution in [2.75, 3.05) is 6.61 Å². The van der Waals surface area contributed by atoms with Crippen molar-refractivity contribution in [2.45, 2.75) is 13.0 Å². The fourth-order valence-corrected chi connectivity index (χ4v) is 3.66. The third-order valence-electron chi connectivity index (χ3n) is 5.21. The van der Waals surface area contributed by atoms with E-state index in [2.05, 4.69) is 0 Å². The molecule has 30 heavy (non-hydrogen) atoms. The highest BCUT2D eigenvalue weighted by Crippen LogP contribution is 2.60. The summed E-state index contributed by atoms with van der Waals surface area (Å²) in [5.41, 5.74) is -0.299. The number of halogens is 2. The quantitative estimate of drug-likeness (QED) is 0.587. The van der Waals surface area contributed by atoms with E-state index in [1.807, 2.05) is 6.07 Å². The summed E-state index contributed by atoms with van der Waals surface area (Å²) in [6.07, 6.45) is 0.346. The third kappa shape index (κ3) is 4.71. The Kier molecular flexibility index (Phi) is 6.57. The average Bonchev–Trinajstić information content (AvgIpc) is 3.31. The molecule has 0 aromatic heterocycles. The molecule has 3 rings (SSSR count). The number of aliphatic hydroxyl groups excluding tert-OH is 1. The van der Waals surface area contributed by atoms with Crippen molar-refractivity contribution in [3.8, 4) is 23.3 Å². The lowest BCUT2D eigenvalue weighted by atomic mass is 10.1. The molecule has 2 aromatic rings. The second kappa shape index (κ2) is 8.97. The summed E-state index contributed by atoms with van der Waals surface area (Å²) < 4.78 is 11.1. The predicted molar refractivity (Wildman–Crippen MR) is 111 cm³/mol. The Bertz CT molecular complexity index is 997. The number of phenolic OH excluding ortho intramolecular Hbond substituents is 1. The van der Waals surface area contributed by atoms with E-state index < -0.39 is 23.4 Å². The number of nitriles is 1. The fourth-order valence-electron chi connectivity index (χ4n) is 3.39. The minimum atomic E-state index is -1.15.